The quantitative estimate of drug-likeness (QED) is 0.819. The van der Waals surface area contributed by atoms with Crippen LogP contribution in [0.25, 0.3) is 0 Å². The Morgan fingerprint density at radius 3 is 2.00 bits per heavy atom. The molecule has 1 aromatic rings. The molecular formula is C12H18N2O4. The lowest BCUT2D eigenvalue weighted by Gasteiger charge is -2.15. The maximum atomic E-state index is 11.5. The Balaban J connectivity index is 3.11. The molecule has 0 radical (unpaired) electrons. The zero-order chi connectivity index (χ0) is 13.7. The fourth-order valence-corrected chi connectivity index (χ4v) is 1.41. The molecule has 0 saturated carbocycles. The molecule has 6 nitrogen and oxygen atoms in total. The van der Waals surface area contributed by atoms with Crippen LogP contribution in [0.5, 0.6) is 17.2 Å². The Morgan fingerprint density at radius 2 is 1.67 bits per heavy atom. The van der Waals surface area contributed by atoms with E-state index in [1.807, 2.05) is 0 Å². The van der Waals surface area contributed by atoms with Crippen molar-refractivity contribution in [1.82, 2.24) is 0 Å². The average Bonchev–Trinajstić information content (AvgIpc) is 2.37. The van der Waals surface area contributed by atoms with Gasteiger partial charge in [0.2, 0.25) is 11.7 Å². The normalized spacial score (nSPS) is 11.6. The smallest absolute Gasteiger partial charge is 0.241 e. The van der Waals surface area contributed by atoms with Crippen LogP contribution in [-0.4, -0.2) is 33.3 Å². The number of carbonyl (C=O) groups is 1. The Morgan fingerprint density at radius 1 is 1.17 bits per heavy atom. The Bertz CT molecular complexity index is 407. The fraction of sp³-hybridized carbons (Fsp3) is 0.417. The molecule has 0 aliphatic heterocycles. The number of anilines is 1. The number of amides is 1. The molecule has 18 heavy (non-hydrogen) atoms. The molecule has 1 aromatic carbocycles. The number of carbonyl (C=O) groups excluding carboxylic acids is 1. The van der Waals surface area contributed by atoms with Crippen LogP contribution in [0.1, 0.15) is 6.92 Å². The van der Waals surface area contributed by atoms with Gasteiger partial charge in [0.15, 0.2) is 11.5 Å². The zero-order valence-electron chi connectivity index (χ0n) is 10.9. The molecule has 0 aromatic heterocycles. The van der Waals surface area contributed by atoms with Crippen LogP contribution in [0.15, 0.2) is 12.1 Å². The Labute approximate surface area is 106 Å². The highest BCUT2D eigenvalue weighted by atomic mass is 16.5. The van der Waals surface area contributed by atoms with Crippen molar-refractivity contribution < 1.29 is 19.0 Å². The summed E-state index contributed by atoms with van der Waals surface area (Å²) in [6.45, 7) is 1.60. The molecule has 1 amide bonds. The van der Waals surface area contributed by atoms with Crippen molar-refractivity contribution in [2.45, 2.75) is 13.0 Å². The molecule has 0 fully saturated rings. The highest BCUT2D eigenvalue weighted by Gasteiger charge is 2.15. The molecular weight excluding hydrogens is 236 g/mol. The second-order valence-electron chi connectivity index (χ2n) is 3.69. The van der Waals surface area contributed by atoms with Gasteiger partial charge < -0.3 is 25.3 Å². The van der Waals surface area contributed by atoms with Gasteiger partial charge in [-0.2, -0.15) is 0 Å². The van der Waals surface area contributed by atoms with Crippen molar-refractivity contribution in [3.05, 3.63) is 12.1 Å². The van der Waals surface area contributed by atoms with Crippen molar-refractivity contribution >= 4 is 11.6 Å². The largest absolute Gasteiger partial charge is 0.493 e. The number of methoxy groups -OCH3 is 3. The molecule has 0 saturated heterocycles. The van der Waals surface area contributed by atoms with Crippen molar-refractivity contribution in [2.24, 2.45) is 5.73 Å². The Hall–Kier alpha value is -1.95. The van der Waals surface area contributed by atoms with Gasteiger partial charge in [0.1, 0.15) is 0 Å². The van der Waals surface area contributed by atoms with Gasteiger partial charge in [-0.05, 0) is 6.92 Å². The minimum atomic E-state index is -0.593. The number of ether oxygens (including phenoxy) is 3. The SMILES string of the molecule is COc1cc(NC(=O)[C@@H](C)N)cc(OC)c1OC. The van der Waals surface area contributed by atoms with Crippen LogP contribution in [0.3, 0.4) is 0 Å². The van der Waals surface area contributed by atoms with Gasteiger partial charge in [-0.1, -0.05) is 0 Å². The molecule has 0 unspecified atom stereocenters. The summed E-state index contributed by atoms with van der Waals surface area (Å²) in [5, 5.41) is 2.66. The monoisotopic (exact) mass is 254 g/mol. The number of nitrogens with two attached hydrogens (primary N) is 1. The van der Waals surface area contributed by atoms with Crippen molar-refractivity contribution in [3.63, 3.8) is 0 Å². The van der Waals surface area contributed by atoms with E-state index in [9.17, 15) is 4.79 Å². The summed E-state index contributed by atoms with van der Waals surface area (Å²) in [6.07, 6.45) is 0. The number of hydrogen-bond acceptors (Lipinski definition) is 5. The number of hydrogen-bond donors (Lipinski definition) is 2. The molecule has 0 spiro atoms. The van der Waals surface area contributed by atoms with Crippen LogP contribution < -0.4 is 25.3 Å². The molecule has 1 rings (SSSR count). The second kappa shape index (κ2) is 6.11. The molecule has 0 heterocycles. The minimum absolute atomic E-state index is 0.288. The summed E-state index contributed by atoms with van der Waals surface area (Å²) in [5.74, 6) is 1.12. The topological polar surface area (TPSA) is 82.8 Å². The van der Waals surface area contributed by atoms with Gasteiger partial charge in [-0.3, -0.25) is 4.79 Å². The van der Waals surface area contributed by atoms with Crippen LogP contribution in [-0.2, 0) is 4.79 Å². The van der Waals surface area contributed by atoms with E-state index in [-0.39, 0.29) is 5.91 Å². The zero-order valence-corrected chi connectivity index (χ0v) is 10.9. The molecule has 3 N–H and O–H groups in total. The summed E-state index contributed by atoms with van der Waals surface area (Å²) < 4.78 is 15.5. The predicted molar refractivity (Wildman–Crippen MR) is 68.4 cm³/mol. The molecule has 0 bridgehead atoms. The van der Waals surface area contributed by atoms with E-state index in [0.29, 0.717) is 22.9 Å². The van der Waals surface area contributed by atoms with Crippen molar-refractivity contribution in [2.75, 3.05) is 26.6 Å². The number of rotatable bonds is 5. The van der Waals surface area contributed by atoms with Crippen molar-refractivity contribution in [1.29, 1.82) is 0 Å². The Kier molecular flexibility index (Phi) is 4.79. The standard InChI is InChI=1S/C12H18N2O4/c1-7(13)12(15)14-8-5-9(16-2)11(18-4)10(6-8)17-3/h5-7H,13H2,1-4H3,(H,14,15)/t7-/m1/s1. The van der Waals surface area contributed by atoms with E-state index in [4.69, 9.17) is 19.9 Å². The maximum Gasteiger partial charge on any atom is 0.241 e. The lowest BCUT2D eigenvalue weighted by Crippen LogP contribution is -2.32. The predicted octanol–water partition coefficient (Wildman–Crippen LogP) is 0.998. The lowest BCUT2D eigenvalue weighted by atomic mass is 10.2. The minimum Gasteiger partial charge on any atom is -0.493 e. The van der Waals surface area contributed by atoms with Crippen LogP contribution in [0, 0.1) is 0 Å². The molecule has 0 aliphatic carbocycles. The average molecular weight is 254 g/mol. The summed E-state index contributed by atoms with van der Waals surface area (Å²) in [7, 11) is 4.53. The van der Waals surface area contributed by atoms with Crippen LogP contribution in [0.4, 0.5) is 5.69 Å². The van der Waals surface area contributed by atoms with E-state index in [0.717, 1.165) is 0 Å². The van der Waals surface area contributed by atoms with Gasteiger partial charge in [0.25, 0.3) is 0 Å². The van der Waals surface area contributed by atoms with Crippen molar-refractivity contribution in [3.8, 4) is 17.2 Å². The number of benzene rings is 1. The second-order valence-corrected chi connectivity index (χ2v) is 3.69. The first kappa shape index (κ1) is 14.1. The summed E-state index contributed by atoms with van der Waals surface area (Å²) in [4.78, 5) is 11.5. The fourth-order valence-electron chi connectivity index (χ4n) is 1.41. The molecule has 6 heteroatoms. The van der Waals surface area contributed by atoms with Gasteiger partial charge in [0, 0.05) is 17.8 Å². The molecule has 0 aliphatic rings. The van der Waals surface area contributed by atoms with E-state index < -0.39 is 6.04 Å². The third kappa shape index (κ3) is 3.04. The van der Waals surface area contributed by atoms with Gasteiger partial charge in [0.05, 0.1) is 27.4 Å². The first-order chi connectivity index (χ1) is 8.53. The third-order valence-electron chi connectivity index (χ3n) is 2.35. The summed E-state index contributed by atoms with van der Waals surface area (Å²) in [5.41, 5.74) is 6.02. The molecule has 1 atom stereocenters. The van der Waals surface area contributed by atoms with E-state index in [1.165, 1.54) is 21.3 Å². The first-order valence-corrected chi connectivity index (χ1v) is 5.40. The molecule has 100 valence electrons. The maximum absolute atomic E-state index is 11.5. The highest BCUT2D eigenvalue weighted by molar-refractivity contribution is 5.95. The lowest BCUT2D eigenvalue weighted by molar-refractivity contribution is -0.117. The van der Waals surface area contributed by atoms with E-state index in [1.54, 1.807) is 19.1 Å². The van der Waals surface area contributed by atoms with E-state index >= 15 is 0 Å². The van der Waals surface area contributed by atoms with Crippen LogP contribution in [0.2, 0.25) is 0 Å². The van der Waals surface area contributed by atoms with Crippen LogP contribution >= 0.6 is 0 Å². The first-order valence-electron chi connectivity index (χ1n) is 5.40. The number of nitrogens with one attached hydrogen (secondary N) is 1. The third-order valence-corrected chi connectivity index (χ3v) is 2.35. The van der Waals surface area contributed by atoms with Gasteiger partial charge in [-0.15, -0.1) is 0 Å². The van der Waals surface area contributed by atoms with Gasteiger partial charge in [-0.25, -0.2) is 0 Å². The summed E-state index contributed by atoms with van der Waals surface area (Å²) >= 11 is 0. The van der Waals surface area contributed by atoms with Gasteiger partial charge >= 0.3 is 0 Å². The van der Waals surface area contributed by atoms with E-state index in [2.05, 4.69) is 5.32 Å². The highest BCUT2D eigenvalue weighted by Crippen LogP contribution is 2.39. The summed E-state index contributed by atoms with van der Waals surface area (Å²) in [6, 6.07) is 2.69.